The highest BCUT2D eigenvalue weighted by molar-refractivity contribution is 7.45. The van der Waals surface area contributed by atoms with Crippen molar-refractivity contribution in [3.63, 3.8) is 0 Å². The predicted molar refractivity (Wildman–Crippen MR) is 173 cm³/mol. The zero-order valence-electron chi connectivity index (χ0n) is 27.2. The summed E-state index contributed by atoms with van der Waals surface area (Å²) in [5.74, 6) is -0.234. The van der Waals surface area contributed by atoms with E-state index in [9.17, 15) is 19.4 Å². The minimum absolute atomic E-state index is 0.0132. The lowest BCUT2D eigenvalue weighted by Crippen LogP contribution is -2.45. The molecule has 0 spiro atoms. The summed E-state index contributed by atoms with van der Waals surface area (Å²) in [6, 6.07) is -0.910. The molecule has 0 saturated heterocycles. The van der Waals surface area contributed by atoms with Crippen LogP contribution in [-0.2, 0) is 18.4 Å². The number of unbranched alkanes of at least 4 members (excludes halogenated alkanes) is 8. The Hall–Kier alpha value is -1.54. The second-order valence-corrected chi connectivity index (χ2v) is 13.2. The average Bonchev–Trinajstić information content (AvgIpc) is 2.92. The van der Waals surface area contributed by atoms with Gasteiger partial charge in [-0.15, -0.1) is 0 Å². The Morgan fingerprint density at radius 1 is 0.833 bits per heavy atom. The summed E-state index contributed by atoms with van der Waals surface area (Å²) in [5.41, 5.74) is 0. The maximum Gasteiger partial charge on any atom is 0.268 e. The molecule has 2 N–H and O–H groups in total. The number of hydrogen-bond acceptors (Lipinski definition) is 6. The molecule has 0 rings (SSSR count). The first-order valence-corrected chi connectivity index (χ1v) is 17.5. The largest absolute Gasteiger partial charge is 0.756 e. The van der Waals surface area contributed by atoms with Gasteiger partial charge in [0.25, 0.3) is 7.82 Å². The van der Waals surface area contributed by atoms with Crippen LogP contribution in [0.1, 0.15) is 104 Å². The number of aliphatic hydroxyl groups excluding tert-OH is 1. The summed E-state index contributed by atoms with van der Waals surface area (Å²) < 4.78 is 22.9. The third-order valence-corrected chi connectivity index (χ3v) is 7.46. The SMILES string of the molecule is CC/C=C/CC/C=C/CC/C=C/C(O)C(COP(=O)([O-])OCC[N+](C)(C)C)NC(=O)CCCCCC/C=C\CCCC. The molecule has 0 fully saturated rings. The second-order valence-electron chi connectivity index (χ2n) is 11.8. The molecule has 0 aromatic rings. The van der Waals surface area contributed by atoms with E-state index in [1.54, 1.807) is 6.08 Å². The summed E-state index contributed by atoms with van der Waals surface area (Å²) >= 11 is 0. The van der Waals surface area contributed by atoms with Gasteiger partial charge < -0.3 is 28.8 Å². The van der Waals surface area contributed by atoms with Gasteiger partial charge in [-0.25, -0.2) is 0 Å². The molecule has 1 amide bonds. The highest BCUT2D eigenvalue weighted by Crippen LogP contribution is 2.38. The van der Waals surface area contributed by atoms with E-state index in [1.165, 1.54) is 12.8 Å². The molecular formula is C33H61N2O6P. The molecule has 3 unspecified atom stereocenters. The van der Waals surface area contributed by atoms with Crippen molar-refractivity contribution in [3.05, 3.63) is 48.6 Å². The van der Waals surface area contributed by atoms with Crippen LogP contribution in [0.5, 0.6) is 0 Å². The molecule has 0 heterocycles. The number of nitrogens with zero attached hydrogens (tertiary/aromatic N) is 1. The van der Waals surface area contributed by atoms with Crippen molar-refractivity contribution in [1.29, 1.82) is 0 Å². The Morgan fingerprint density at radius 3 is 2.02 bits per heavy atom. The number of phosphoric ester groups is 1. The molecule has 0 aliphatic rings. The van der Waals surface area contributed by atoms with E-state index in [1.807, 2.05) is 27.2 Å². The van der Waals surface area contributed by atoms with Crippen molar-refractivity contribution in [2.24, 2.45) is 0 Å². The lowest BCUT2D eigenvalue weighted by atomic mass is 10.1. The number of nitrogens with one attached hydrogen (secondary N) is 1. The number of carbonyl (C=O) groups is 1. The number of allylic oxidation sites excluding steroid dienone is 7. The van der Waals surface area contributed by atoms with Crippen molar-refractivity contribution in [2.75, 3.05) is 40.9 Å². The van der Waals surface area contributed by atoms with E-state index in [0.717, 1.165) is 70.6 Å². The van der Waals surface area contributed by atoms with Crippen LogP contribution < -0.4 is 10.2 Å². The van der Waals surface area contributed by atoms with Crippen LogP contribution in [0.4, 0.5) is 0 Å². The van der Waals surface area contributed by atoms with Crippen LogP contribution in [0.2, 0.25) is 0 Å². The van der Waals surface area contributed by atoms with E-state index in [4.69, 9.17) is 9.05 Å². The standard InChI is InChI=1S/C33H61N2O6P/c1-6-8-10-12-14-16-18-20-22-24-26-32(36)31(30-41-42(38,39)40-29-28-35(3,4)5)34-33(37)27-25-23-21-19-17-15-13-11-9-7-2/h8,10,13,15-16,18,24,26,31-32,36H,6-7,9,11-12,14,17,19-23,25,27-30H2,1-5H3,(H-,34,37,38,39)/b10-8+,15-13-,18-16+,26-24+. The van der Waals surface area contributed by atoms with Crippen molar-refractivity contribution < 1.29 is 32.9 Å². The van der Waals surface area contributed by atoms with Crippen molar-refractivity contribution in [2.45, 2.75) is 116 Å². The predicted octanol–water partition coefficient (Wildman–Crippen LogP) is 6.77. The summed E-state index contributed by atoms with van der Waals surface area (Å²) in [4.78, 5) is 24.9. The number of hydrogen-bond donors (Lipinski definition) is 2. The van der Waals surface area contributed by atoms with Gasteiger partial charge in [0.2, 0.25) is 5.91 Å². The quantitative estimate of drug-likeness (QED) is 0.0459. The summed E-state index contributed by atoms with van der Waals surface area (Å²) in [6.45, 7) is 4.38. The smallest absolute Gasteiger partial charge is 0.268 e. The van der Waals surface area contributed by atoms with Crippen LogP contribution in [-0.4, -0.2) is 68.5 Å². The molecule has 0 bridgehead atoms. The van der Waals surface area contributed by atoms with E-state index in [-0.39, 0.29) is 12.5 Å². The molecule has 0 radical (unpaired) electrons. The summed E-state index contributed by atoms with van der Waals surface area (Å²) in [7, 11) is 1.21. The molecule has 0 aromatic heterocycles. The van der Waals surface area contributed by atoms with Crippen LogP contribution in [0.15, 0.2) is 48.6 Å². The fourth-order valence-corrected chi connectivity index (χ4v) is 4.60. The normalized spacial score (nSPS) is 15.7. The van der Waals surface area contributed by atoms with E-state index < -0.39 is 26.6 Å². The Labute approximate surface area is 257 Å². The van der Waals surface area contributed by atoms with Gasteiger partial charge >= 0.3 is 0 Å². The zero-order valence-corrected chi connectivity index (χ0v) is 28.1. The Kier molecular flexibility index (Phi) is 25.0. The number of aliphatic hydroxyl groups is 1. The highest BCUT2D eigenvalue weighted by Gasteiger charge is 2.23. The van der Waals surface area contributed by atoms with Gasteiger partial charge in [0.15, 0.2) is 0 Å². The molecule has 0 aromatic carbocycles. The van der Waals surface area contributed by atoms with E-state index >= 15 is 0 Å². The van der Waals surface area contributed by atoms with Crippen molar-refractivity contribution >= 4 is 13.7 Å². The number of amides is 1. The first kappa shape index (κ1) is 40.5. The minimum Gasteiger partial charge on any atom is -0.756 e. The van der Waals surface area contributed by atoms with Gasteiger partial charge in [0.1, 0.15) is 13.2 Å². The van der Waals surface area contributed by atoms with Crippen LogP contribution in [0, 0.1) is 0 Å². The Balaban J connectivity index is 4.76. The van der Waals surface area contributed by atoms with Gasteiger partial charge in [-0.3, -0.25) is 9.36 Å². The average molecular weight is 613 g/mol. The van der Waals surface area contributed by atoms with Gasteiger partial charge in [-0.1, -0.05) is 88.1 Å². The van der Waals surface area contributed by atoms with Crippen molar-refractivity contribution in [3.8, 4) is 0 Å². The number of carbonyl (C=O) groups excluding carboxylic acids is 1. The highest BCUT2D eigenvalue weighted by atomic mass is 31.2. The van der Waals surface area contributed by atoms with E-state index in [0.29, 0.717) is 17.4 Å². The third kappa shape index (κ3) is 27.3. The molecular weight excluding hydrogens is 551 g/mol. The molecule has 0 aliphatic carbocycles. The zero-order chi connectivity index (χ0) is 31.5. The van der Waals surface area contributed by atoms with Gasteiger partial charge in [0, 0.05) is 6.42 Å². The third-order valence-electron chi connectivity index (χ3n) is 6.50. The Morgan fingerprint density at radius 2 is 1.40 bits per heavy atom. The lowest BCUT2D eigenvalue weighted by Gasteiger charge is -2.29. The van der Waals surface area contributed by atoms with Crippen molar-refractivity contribution in [1.82, 2.24) is 5.32 Å². The maximum absolute atomic E-state index is 12.6. The maximum atomic E-state index is 12.6. The lowest BCUT2D eigenvalue weighted by molar-refractivity contribution is -0.870. The first-order valence-electron chi connectivity index (χ1n) is 16.0. The monoisotopic (exact) mass is 612 g/mol. The van der Waals surface area contributed by atoms with Gasteiger partial charge in [0.05, 0.1) is 39.9 Å². The second kappa shape index (κ2) is 25.9. The molecule has 8 nitrogen and oxygen atoms in total. The Bertz CT molecular complexity index is 835. The van der Waals surface area contributed by atoms with Gasteiger partial charge in [-0.2, -0.15) is 0 Å². The number of phosphoric acid groups is 1. The molecule has 244 valence electrons. The topological polar surface area (TPSA) is 108 Å². The number of rotatable bonds is 27. The van der Waals surface area contributed by atoms with Crippen LogP contribution in [0.3, 0.4) is 0 Å². The number of quaternary nitrogens is 1. The minimum atomic E-state index is -4.58. The summed E-state index contributed by atoms with van der Waals surface area (Å²) in [5, 5.41) is 13.5. The number of likely N-dealkylation sites (N-methyl/N-ethyl adjacent to an activating group) is 1. The van der Waals surface area contributed by atoms with Gasteiger partial charge in [-0.05, 0) is 57.8 Å². The first-order chi connectivity index (χ1) is 20.0. The molecule has 9 heteroatoms. The fraction of sp³-hybridized carbons (Fsp3) is 0.727. The summed E-state index contributed by atoms with van der Waals surface area (Å²) in [6.07, 6.45) is 28.9. The molecule has 0 aliphatic heterocycles. The van der Waals surface area contributed by atoms with Crippen LogP contribution >= 0.6 is 7.82 Å². The fourth-order valence-electron chi connectivity index (χ4n) is 3.87. The molecule has 0 saturated carbocycles. The van der Waals surface area contributed by atoms with E-state index in [2.05, 4.69) is 55.6 Å². The van der Waals surface area contributed by atoms with Crippen LogP contribution in [0.25, 0.3) is 0 Å². The molecule has 3 atom stereocenters. The molecule has 42 heavy (non-hydrogen) atoms.